The minimum atomic E-state index is -2.87. The summed E-state index contributed by atoms with van der Waals surface area (Å²) in [5.41, 5.74) is 10.9. The van der Waals surface area contributed by atoms with Crippen LogP contribution in [0.15, 0.2) is 122 Å². The number of rotatable bonds is 18. The summed E-state index contributed by atoms with van der Waals surface area (Å²) in [5.74, 6) is 60.0. The first kappa shape index (κ1) is 75.9. The molecule has 6 aromatic rings. The quantitative estimate of drug-likeness (QED) is 0.0295. The van der Waals surface area contributed by atoms with E-state index in [0.29, 0.717) is 45.5 Å². The van der Waals surface area contributed by atoms with Crippen molar-refractivity contribution in [3.8, 4) is 188 Å². The van der Waals surface area contributed by atoms with Crippen molar-refractivity contribution in [1.29, 1.82) is 0 Å². The van der Waals surface area contributed by atoms with Crippen LogP contribution in [0, 0.1) is 160 Å². The first-order chi connectivity index (χ1) is 47.6. The van der Waals surface area contributed by atoms with Gasteiger partial charge in [-0.25, -0.2) is 19.9 Å². The molecule has 0 amide bonds. The Hall–Kier alpha value is -12.8. The van der Waals surface area contributed by atoms with Crippen molar-refractivity contribution in [1.82, 2.24) is 19.9 Å². The van der Waals surface area contributed by atoms with E-state index in [0.717, 1.165) is 49.7 Å². The van der Waals surface area contributed by atoms with Crippen molar-refractivity contribution in [2.75, 3.05) is 23.8 Å². The highest BCUT2D eigenvalue weighted by Crippen LogP contribution is 2.32. The summed E-state index contributed by atoms with van der Waals surface area (Å²) >= 11 is 0. The van der Waals surface area contributed by atoms with Crippen molar-refractivity contribution in [2.24, 2.45) is 11.7 Å². The minimum Gasteiger partial charge on any atom is -0.481 e. The molecule has 0 saturated heterocycles. The predicted molar refractivity (Wildman–Crippen MR) is 364 cm³/mol. The number of aliphatic carboxylic acids is 1. The van der Waals surface area contributed by atoms with Gasteiger partial charge in [0.2, 0.25) is 11.9 Å². The molecule has 16 nitrogen and oxygen atoms in total. The second-order valence-corrected chi connectivity index (χ2v) is 20.1. The molecule has 0 spiro atoms. The smallest absolute Gasteiger partial charge is 0.387 e. The van der Waals surface area contributed by atoms with Crippen molar-refractivity contribution >= 4 is 35.0 Å². The van der Waals surface area contributed by atoms with Crippen LogP contribution >= 0.6 is 0 Å². The van der Waals surface area contributed by atoms with Gasteiger partial charge in [0.05, 0.1) is 31.3 Å². The summed E-state index contributed by atoms with van der Waals surface area (Å²) in [7, 11) is 0. The molecule has 2 fully saturated rings. The van der Waals surface area contributed by atoms with Gasteiger partial charge in [0.15, 0.2) is 0 Å². The molecule has 2 saturated carbocycles. The number of hydrogen-bond acceptors (Lipinski definition) is 15. The van der Waals surface area contributed by atoms with Gasteiger partial charge in [-0.15, -0.1) is 6.42 Å². The molecule has 98 heavy (non-hydrogen) atoms. The van der Waals surface area contributed by atoms with Crippen LogP contribution in [0.25, 0.3) is 22.3 Å². The average Bonchev–Trinajstić information content (AvgIpc) is 1.98. The lowest BCUT2D eigenvalue weighted by Gasteiger charge is -2.18. The molecule has 0 unspecified atom stereocenters. The summed E-state index contributed by atoms with van der Waals surface area (Å²) in [6.07, 6.45) is 16.4. The second kappa shape index (κ2) is 43.9. The summed E-state index contributed by atoms with van der Waals surface area (Å²) < 4.78 is 57.6. The largest absolute Gasteiger partial charge is 0.481 e. The molecule has 0 bridgehead atoms. The van der Waals surface area contributed by atoms with Gasteiger partial charge < -0.3 is 51.4 Å². The number of carbonyl (C=O) groups excluding carboxylic acids is 1. The van der Waals surface area contributed by atoms with Crippen LogP contribution in [-0.2, 0) is 9.59 Å². The molecule has 2 aliphatic rings. The number of benzene rings is 4. The van der Waals surface area contributed by atoms with Gasteiger partial charge in [-0.1, -0.05) is 60.9 Å². The standard InChI is InChI=1S/C27H4.C26H27F2N3O4.C20H17F2N3O4.C5H11NO/c1-3-5-7-9-11-13-15-17-19-21-23-25-27-26-24-22-20-18-16-14-12-10-8-6-4-2;27-25(28)35-21-10-6-16(7-11-21)19-13-29-26(30-14-19)31-20-8-4-17(5-9-20)22(15-32)24(34)12-18-2-1-3-23(18)33;21-19(22)29-16-7-3-12(4-8-16)14-9-23-20(24-10-14)25-15-5-1-13(2-6-15)17(11-26)18(27)28;6-4-2-1-3-5(4)7/h1H,2H3;4-11,13-14,18,22-23,25,32-33H,1-3,12,15H2,(H,29,30,31);1-10,17,19,26H,11H2,(H,27,28)(H,23,24,25);4-5,7H,1-3,6H2/t;18-,22+,23+;17-;4-,5-/m.011/s1. The fourth-order valence-corrected chi connectivity index (χ4v) is 8.70. The first-order valence-corrected chi connectivity index (χ1v) is 29.6. The topological polar surface area (TPSA) is 255 Å². The normalized spacial score (nSPS) is 14.2. The Kier molecular flexibility index (Phi) is 34.0. The van der Waals surface area contributed by atoms with Gasteiger partial charge in [-0.05, 0) is 210 Å². The highest BCUT2D eigenvalue weighted by molar-refractivity contribution is 5.86. The number of anilines is 4. The average molecular weight is 1310 g/mol. The Morgan fingerprint density at radius 2 is 0.847 bits per heavy atom. The number of terminal acetylenes is 1. The number of hydrogen-bond donors (Lipinski definition) is 8. The Labute approximate surface area is 566 Å². The number of ketones is 1. The van der Waals surface area contributed by atoms with Gasteiger partial charge in [0.25, 0.3) is 0 Å². The number of alkyl halides is 4. The monoisotopic (exact) mass is 1310 g/mol. The van der Waals surface area contributed by atoms with Gasteiger partial charge in [-0.2, -0.15) is 17.6 Å². The first-order valence-electron chi connectivity index (χ1n) is 29.6. The van der Waals surface area contributed by atoms with Gasteiger partial charge in [-0.3, -0.25) is 9.59 Å². The van der Waals surface area contributed by atoms with Crippen LogP contribution in [-0.4, -0.2) is 102 Å². The fourth-order valence-electron chi connectivity index (χ4n) is 8.70. The third-order valence-electron chi connectivity index (χ3n) is 13.5. The Bertz CT molecular complexity index is 4510. The van der Waals surface area contributed by atoms with Crippen molar-refractivity contribution in [3.05, 3.63) is 133 Å². The SMILES string of the molecule is C#CC#CC#CC#CC#CC#CC#CC#CC#CC#CC#CC#CC#CC.N[C@@H]1CCC[C@H]1O.O=C(C[C@@H]1CCC[C@H]1O)[C@H](CO)c1ccc(Nc2ncc(-c3ccc(OC(F)F)cc3)cn2)cc1.O=C(O)[C@H](CO)c1ccc(Nc2ncc(-c3ccc(OC(F)F)cc3)cn2)cc1. The third kappa shape index (κ3) is 29.0. The summed E-state index contributed by atoms with van der Waals surface area (Å²) in [6, 6.07) is 26.1. The summed E-state index contributed by atoms with van der Waals surface area (Å²) in [4.78, 5) is 40.8. The van der Waals surface area contributed by atoms with Crippen LogP contribution in [0.2, 0.25) is 0 Å². The van der Waals surface area contributed by atoms with E-state index in [2.05, 4.69) is 188 Å². The number of aliphatic hydroxyl groups is 4. The van der Waals surface area contributed by atoms with Crippen molar-refractivity contribution < 1.29 is 62.2 Å². The highest BCUT2D eigenvalue weighted by atomic mass is 19.3. The zero-order valence-corrected chi connectivity index (χ0v) is 52.4. The van der Waals surface area contributed by atoms with E-state index in [1.807, 2.05) is 0 Å². The number of aliphatic hydroxyl groups excluding tert-OH is 4. The number of nitrogens with one attached hydrogen (secondary N) is 2. The van der Waals surface area contributed by atoms with Gasteiger partial charge in [0, 0.05) is 107 Å². The zero-order chi connectivity index (χ0) is 70.5. The third-order valence-corrected chi connectivity index (χ3v) is 13.5. The maximum atomic E-state index is 12.7. The predicted octanol–water partition coefficient (Wildman–Crippen LogP) is 8.87. The minimum absolute atomic E-state index is 0.0264. The zero-order valence-electron chi connectivity index (χ0n) is 52.4. The van der Waals surface area contributed by atoms with Crippen LogP contribution in [0.5, 0.6) is 11.5 Å². The van der Waals surface area contributed by atoms with E-state index < -0.39 is 43.7 Å². The molecule has 9 N–H and O–H groups in total. The number of carboxylic acids is 1. The number of halogens is 4. The van der Waals surface area contributed by atoms with Crippen LogP contribution in [0.1, 0.15) is 74.8 Å². The summed E-state index contributed by atoms with van der Waals surface area (Å²) in [5, 5.41) is 53.0. The maximum Gasteiger partial charge on any atom is 0.387 e. The fraction of sp³-hybridized carbons (Fsp3) is 0.231. The molecule has 2 heterocycles. The summed E-state index contributed by atoms with van der Waals surface area (Å²) in [6.45, 7) is -4.82. The maximum absolute atomic E-state index is 12.7. The molecule has 8 rings (SSSR count). The lowest BCUT2D eigenvalue weighted by atomic mass is 9.88. The van der Waals surface area contributed by atoms with Crippen molar-refractivity contribution in [2.45, 2.75) is 95.2 Å². The van der Waals surface area contributed by atoms with Crippen LogP contribution in [0.4, 0.5) is 40.8 Å². The van der Waals surface area contributed by atoms with E-state index in [1.54, 1.807) is 105 Å². The van der Waals surface area contributed by atoms with Crippen LogP contribution < -0.4 is 25.8 Å². The number of nitrogens with zero attached hydrogens (tertiary/aromatic N) is 4. The second-order valence-electron chi connectivity index (χ2n) is 20.1. The molecule has 6 atom stereocenters. The molecule has 488 valence electrons. The lowest BCUT2D eigenvalue weighted by molar-refractivity contribution is -0.139. The van der Waals surface area contributed by atoms with E-state index in [1.165, 1.54) is 24.3 Å². The van der Waals surface area contributed by atoms with E-state index >= 15 is 0 Å². The molecular formula is C78H59F4N7O9. The van der Waals surface area contributed by atoms with E-state index in [9.17, 15) is 42.5 Å². The van der Waals surface area contributed by atoms with Gasteiger partial charge >= 0.3 is 19.2 Å². The molecule has 2 aliphatic carbocycles. The molecule has 0 aliphatic heterocycles. The number of nitrogens with two attached hydrogens (primary N) is 1. The van der Waals surface area contributed by atoms with Crippen LogP contribution in [0.3, 0.4) is 0 Å². The lowest BCUT2D eigenvalue weighted by Crippen LogP contribution is -2.28. The van der Waals surface area contributed by atoms with E-state index in [-0.39, 0.29) is 48.4 Å². The Morgan fingerprint density at radius 3 is 1.13 bits per heavy atom. The Morgan fingerprint density at radius 1 is 0.500 bits per heavy atom. The molecule has 0 radical (unpaired) electrons. The number of carbonyl (C=O) groups is 2. The van der Waals surface area contributed by atoms with Gasteiger partial charge in [0.1, 0.15) is 23.2 Å². The molecule has 4 aromatic carbocycles. The molecule has 2 aromatic heterocycles. The van der Waals surface area contributed by atoms with E-state index in [4.69, 9.17) is 22.4 Å². The highest BCUT2D eigenvalue weighted by Gasteiger charge is 2.30. The number of carboxylic acid groups (broad SMARTS) is 1. The number of ether oxygens (including phenoxy) is 2. The number of Topliss-reactive ketones (excluding diaryl/α,β-unsaturated/α-hetero) is 1. The Balaban J connectivity index is 0.000000254. The van der Waals surface area contributed by atoms with Crippen molar-refractivity contribution in [3.63, 3.8) is 0 Å². The molecule has 20 heteroatoms. The molecular weight excluding hydrogens is 1250 g/mol. The number of aromatic nitrogens is 4.